The highest BCUT2D eigenvalue weighted by Crippen LogP contribution is 2.53. The van der Waals surface area contributed by atoms with Crippen LogP contribution < -0.4 is 0 Å². The van der Waals surface area contributed by atoms with Crippen molar-refractivity contribution in [3.63, 3.8) is 0 Å². The van der Waals surface area contributed by atoms with E-state index in [1.165, 1.54) is 65.0 Å². The van der Waals surface area contributed by atoms with Gasteiger partial charge in [0, 0.05) is 37.3 Å². The minimum absolute atomic E-state index is 0.372. The lowest BCUT2D eigenvalue weighted by Crippen LogP contribution is -2.66. The second-order valence-corrected chi connectivity index (χ2v) is 12.4. The molecule has 0 radical (unpaired) electrons. The summed E-state index contributed by atoms with van der Waals surface area (Å²) in [5.74, 6) is 1.01. The molecular formula is C27H57N3. The number of nitrogens with zero attached hydrogens (tertiary/aromatic N) is 3. The van der Waals surface area contributed by atoms with Crippen LogP contribution in [0.1, 0.15) is 102 Å². The van der Waals surface area contributed by atoms with Crippen molar-refractivity contribution in [2.24, 2.45) is 16.7 Å². The van der Waals surface area contributed by atoms with Gasteiger partial charge in [-0.3, -0.25) is 9.80 Å². The maximum Gasteiger partial charge on any atom is 0.0125 e. The maximum atomic E-state index is 2.64. The van der Waals surface area contributed by atoms with E-state index in [1.54, 1.807) is 0 Å². The van der Waals surface area contributed by atoms with Crippen LogP contribution in [0.25, 0.3) is 0 Å². The second kappa shape index (κ2) is 10.7. The van der Waals surface area contributed by atoms with Gasteiger partial charge in [-0.2, -0.15) is 0 Å². The van der Waals surface area contributed by atoms with Crippen molar-refractivity contribution in [1.29, 1.82) is 0 Å². The lowest BCUT2D eigenvalue weighted by atomic mass is 9.57. The molecule has 0 N–H and O–H groups in total. The molecule has 3 aliphatic heterocycles. The van der Waals surface area contributed by atoms with Crippen LogP contribution in [0.5, 0.6) is 0 Å². The molecule has 180 valence electrons. The number of hydrogen-bond acceptors (Lipinski definition) is 3. The lowest BCUT2D eigenvalue weighted by molar-refractivity contribution is -0.126. The molecule has 3 nitrogen and oxygen atoms in total. The van der Waals surface area contributed by atoms with E-state index in [2.05, 4.69) is 70.2 Å². The van der Waals surface area contributed by atoms with E-state index in [9.17, 15) is 0 Å². The summed E-state index contributed by atoms with van der Waals surface area (Å²) < 4.78 is 0. The zero-order chi connectivity index (χ0) is 23.4. The lowest BCUT2D eigenvalue weighted by Gasteiger charge is -2.62. The van der Waals surface area contributed by atoms with Crippen molar-refractivity contribution in [3.05, 3.63) is 0 Å². The van der Waals surface area contributed by atoms with Gasteiger partial charge in [0.15, 0.2) is 0 Å². The highest BCUT2D eigenvalue weighted by molar-refractivity contribution is 5.05. The molecule has 4 fully saturated rings. The monoisotopic (exact) mass is 423 g/mol. The standard InChI is InChI=1S/C12H24N2.C11H21N.2C2H6/c1-11(2,3)14-7-5-12(6-8-14)9-13(4)10-12;1-9-5-11(6-9)7-12(8-11)10(2,3)4;2*1-2/h5-10H2,1-4H3;9H,5-8H2,1-4H3;2*1-2H3. The van der Waals surface area contributed by atoms with Crippen LogP contribution in [0.15, 0.2) is 0 Å². The fourth-order valence-electron chi connectivity index (χ4n) is 5.98. The first kappa shape index (κ1) is 27.9. The van der Waals surface area contributed by atoms with Crippen LogP contribution in [-0.4, -0.2) is 72.1 Å². The van der Waals surface area contributed by atoms with Gasteiger partial charge in [0.2, 0.25) is 0 Å². The van der Waals surface area contributed by atoms with Crippen LogP contribution in [0.3, 0.4) is 0 Å². The van der Waals surface area contributed by atoms with Crippen LogP contribution in [0, 0.1) is 16.7 Å². The Labute approximate surface area is 191 Å². The fourth-order valence-corrected chi connectivity index (χ4v) is 5.98. The Kier molecular flexibility index (Phi) is 9.92. The Bertz CT molecular complexity index is 469. The van der Waals surface area contributed by atoms with E-state index < -0.39 is 0 Å². The largest absolute Gasteiger partial charge is 0.305 e. The molecule has 0 amide bonds. The van der Waals surface area contributed by atoms with E-state index in [4.69, 9.17) is 0 Å². The summed E-state index contributed by atoms with van der Waals surface area (Å²) in [6, 6.07) is 0. The first-order valence-electron chi connectivity index (χ1n) is 13.0. The van der Waals surface area contributed by atoms with E-state index in [0.717, 1.165) is 11.3 Å². The van der Waals surface area contributed by atoms with Crippen molar-refractivity contribution in [1.82, 2.24) is 14.7 Å². The van der Waals surface area contributed by atoms with Crippen LogP contribution in [-0.2, 0) is 0 Å². The number of rotatable bonds is 0. The molecule has 0 atom stereocenters. The smallest absolute Gasteiger partial charge is 0.0125 e. The van der Waals surface area contributed by atoms with Gasteiger partial charge >= 0.3 is 0 Å². The highest BCUT2D eigenvalue weighted by atomic mass is 15.3. The highest BCUT2D eigenvalue weighted by Gasteiger charge is 2.52. The molecular weight excluding hydrogens is 366 g/mol. The van der Waals surface area contributed by atoms with Crippen molar-refractivity contribution in [2.75, 3.05) is 46.3 Å². The van der Waals surface area contributed by atoms with E-state index >= 15 is 0 Å². The first-order chi connectivity index (χ1) is 13.8. The number of hydrogen-bond donors (Lipinski definition) is 0. The van der Waals surface area contributed by atoms with Gasteiger partial charge in [-0.25, -0.2) is 0 Å². The van der Waals surface area contributed by atoms with Crippen molar-refractivity contribution in [2.45, 2.75) is 113 Å². The maximum absolute atomic E-state index is 2.64. The predicted molar refractivity (Wildman–Crippen MR) is 135 cm³/mol. The van der Waals surface area contributed by atoms with Crippen LogP contribution >= 0.6 is 0 Å². The summed E-state index contributed by atoms with van der Waals surface area (Å²) in [5.41, 5.74) is 2.25. The summed E-state index contributed by atoms with van der Waals surface area (Å²) in [4.78, 5) is 7.70. The molecule has 1 saturated carbocycles. The van der Waals surface area contributed by atoms with Crippen molar-refractivity contribution >= 4 is 0 Å². The molecule has 3 heteroatoms. The third-order valence-corrected chi connectivity index (χ3v) is 7.55. The second-order valence-electron chi connectivity index (χ2n) is 12.4. The summed E-state index contributed by atoms with van der Waals surface area (Å²) >= 11 is 0. The van der Waals surface area contributed by atoms with Crippen LogP contribution in [0.4, 0.5) is 0 Å². The van der Waals surface area contributed by atoms with Gasteiger partial charge in [-0.15, -0.1) is 0 Å². The van der Waals surface area contributed by atoms with Crippen molar-refractivity contribution < 1.29 is 0 Å². The molecule has 0 bridgehead atoms. The average Bonchev–Trinajstić information content (AvgIpc) is 2.58. The minimum Gasteiger partial charge on any atom is -0.305 e. The average molecular weight is 424 g/mol. The summed E-state index contributed by atoms with van der Waals surface area (Å²) in [6.07, 6.45) is 5.79. The Hall–Kier alpha value is -0.120. The summed E-state index contributed by atoms with van der Waals surface area (Å²) in [5, 5.41) is 0. The normalized spacial score (nSPS) is 26.0. The molecule has 4 aliphatic rings. The Morgan fingerprint density at radius 1 is 0.633 bits per heavy atom. The van der Waals surface area contributed by atoms with Crippen LogP contribution in [0.2, 0.25) is 0 Å². The van der Waals surface area contributed by atoms with Crippen molar-refractivity contribution in [3.8, 4) is 0 Å². The molecule has 0 aromatic carbocycles. The fraction of sp³-hybridized carbons (Fsp3) is 1.00. The molecule has 3 saturated heterocycles. The summed E-state index contributed by atoms with van der Waals surface area (Å²) in [6.45, 7) is 32.3. The molecule has 30 heavy (non-hydrogen) atoms. The minimum atomic E-state index is 0.372. The zero-order valence-electron chi connectivity index (χ0n) is 23.0. The van der Waals surface area contributed by atoms with Gasteiger partial charge in [-0.05, 0) is 104 Å². The molecule has 0 unspecified atom stereocenters. The van der Waals surface area contributed by atoms with E-state index in [0.29, 0.717) is 16.5 Å². The van der Waals surface area contributed by atoms with Gasteiger partial charge < -0.3 is 4.90 Å². The molecule has 0 aromatic rings. The van der Waals surface area contributed by atoms with Gasteiger partial charge in [0.05, 0.1) is 0 Å². The SMILES string of the molecule is CC.CC.CC1CC2(C1)CN(C(C)(C)C)C2.CN1CC2(CCN(C(C)(C)C)CC2)C1. The zero-order valence-corrected chi connectivity index (χ0v) is 23.0. The molecule has 1 aliphatic carbocycles. The topological polar surface area (TPSA) is 9.72 Å². The summed E-state index contributed by atoms with van der Waals surface area (Å²) in [7, 11) is 2.24. The Morgan fingerprint density at radius 3 is 1.33 bits per heavy atom. The van der Waals surface area contributed by atoms with Gasteiger partial charge in [-0.1, -0.05) is 34.6 Å². The number of likely N-dealkylation sites (tertiary alicyclic amines) is 3. The quantitative estimate of drug-likeness (QED) is 0.447. The Morgan fingerprint density at radius 2 is 1.03 bits per heavy atom. The third-order valence-electron chi connectivity index (χ3n) is 7.55. The molecule has 4 rings (SSSR count). The number of piperidine rings is 1. The molecule has 0 aromatic heterocycles. The Balaban J connectivity index is 0.000000260. The van der Waals surface area contributed by atoms with E-state index in [-0.39, 0.29) is 0 Å². The van der Waals surface area contributed by atoms with E-state index in [1.807, 2.05) is 27.7 Å². The molecule has 2 spiro atoms. The first-order valence-corrected chi connectivity index (χ1v) is 13.0. The third kappa shape index (κ3) is 6.94. The predicted octanol–water partition coefficient (Wildman–Crippen LogP) is 6.38. The van der Waals surface area contributed by atoms with Gasteiger partial charge in [0.1, 0.15) is 0 Å². The van der Waals surface area contributed by atoms with Gasteiger partial charge in [0.25, 0.3) is 0 Å². The molecule has 3 heterocycles.